The standard InChI is InChI=1S/C12H8ClFN2O2/c13-8-4-3-7(6-9(8)14)16-12(18)11-10(17)2-1-5-15-11/h1-6,17H,(H,16,18). The zero-order valence-electron chi connectivity index (χ0n) is 9.02. The van der Waals surface area contributed by atoms with E-state index < -0.39 is 11.7 Å². The summed E-state index contributed by atoms with van der Waals surface area (Å²) in [6.07, 6.45) is 1.37. The molecule has 92 valence electrons. The van der Waals surface area contributed by atoms with Crippen molar-refractivity contribution in [1.29, 1.82) is 0 Å². The molecule has 6 heteroatoms. The first-order valence-corrected chi connectivity index (χ1v) is 5.36. The lowest BCUT2D eigenvalue weighted by molar-refractivity contribution is 0.101. The van der Waals surface area contributed by atoms with Crippen LogP contribution in [0, 0.1) is 5.82 Å². The van der Waals surface area contributed by atoms with Crippen LogP contribution >= 0.6 is 11.6 Å². The van der Waals surface area contributed by atoms with Crippen molar-refractivity contribution in [2.45, 2.75) is 0 Å². The van der Waals surface area contributed by atoms with Crippen LogP contribution in [0.15, 0.2) is 36.5 Å². The molecule has 2 rings (SSSR count). The number of amides is 1. The van der Waals surface area contributed by atoms with Crippen LogP contribution in [0.1, 0.15) is 10.5 Å². The minimum atomic E-state index is -0.639. The summed E-state index contributed by atoms with van der Waals surface area (Å²) in [5.41, 5.74) is 0.0970. The predicted molar refractivity (Wildman–Crippen MR) is 65.3 cm³/mol. The van der Waals surface area contributed by atoms with Crippen LogP contribution in [-0.2, 0) is 0 Å². The van der Waals surface area contributed by atoms with Crippen molar-refractivity contribution in [3.05, 3.63) is 53.1 Å². The second-order valence-corrected chi connectivity index (χ2v) is 3.86. The Bertz CT molecular complexity index is 604. The maximum absolute atomic E-state index is 13.2. The Labute approximate surface area is 107 Å². The number of benzene rings is 1. The highest BCUT2D eigenvalue weighted by Crippen LogP contribution is 2.20. The summed E-state index contributed by atoms with van der Waals surface area (Å²) in [5, 5.41) is 11.8. The van der Waals surface area contributed by atoms with E-state index >= 15 is 0 Å². The smallest absolute Gasteiger partial charge is 0.278 e. The SMILES string of the molecule is O=C(Nc1ccc(Cl)c(F)c1)c1ncccc1O. The lowest BCUT2D eigenvalue weighted by Gasteiger charge is -2.06. The molecule has 0 aliphatic heterocycles. The van der Waals surface area contributed by atoms with Crippen molar-refractivity contribution in [2.75, 3.05) is 5.32 Å². The quantitative estimate of drug-likeness (QED) is 0.879. The maximum Gasteiger partial charge on any atom is 0.278 e. The van der Waals surface area contributed by atoms with E-state index in [2.05, 4.69) is 10.3 Å². The fourth-order valence-corrected chi connectivity index (χ4v) is 1.45. The van der Waals surface area contributed by atoms with Gasteiger partial charge in [-0.05, 0) is 30.3 Å². The lowest BCUT2D eigenvalue weighted by Crippen LogP contribution is -2.13. The Morgan fingerprint density at radius 3 is 2.83 bits per heavy atom. The van der Waals surface area contributed by atoms with E-state index in [9.17, 15) is 14.3 Å². The summed E-state index contributed by atoms with van der Waals surface area (Å²) in [6, 6.07) is 6.69. The molecular weight excluding hydrogens is 259 g/mol. The number of anilines is 1. The zero-order valence-corrected chi connectivity index (χ0v) is 9.78. The fraction of sp³-hybridized carbons (Fsp3) is 0. The van der Waals surface area contributed by atoms with Crippen molar-refractivity contribution in [2.24, 2.45) is 0 Å². The minimum Gasteiger partial charge on any atom is -0.505 e. The van der Waals surface area contributed by atoms with Crippen LogP contribution in [0.3, 0.4) is 0 Å². The number of rotatable bonds is 2. The predicted octanol–water partition coefficient (Wildman–Crippen LogP) is 2.83. The van der Waals surface area contributed by atoms with Gasteiger partial charge in [0.25, 0.3) is 5.91 Å². The molecule has 0 bridgehead atoms. The largest absolute Gasteiger partial charge is 0.505 e. The highest BCUT2D eigenvalue weighted by molar-refractivity contribution is 6.30. The summed E-state index contributed by atoms with van der Waals surface area (Å²) in [6.45, 7) is 0. The zero-order chi connectivity index (χ0) is 13.1. The maximum atomic E-state index is 13.2. The third-order valence-electron chi connectivity index (χ3n) is 2.18. The van der Waals surface area contributed by atoms with Crippen LogP contribution in [0.25, 0.3) is 0 Å². The average molecular weight is 267 g/mol. The molecule has 0 unspecified atom stereocenters. The second kappa shape index (κ2) is 5.01. The van der Waals surface area contributed by atoms with Gasteiger partial charge in [-0.3, -0.25) is 4.79 Å². The molecular formula is C12H8ClFN2O2. The molecule has 1 amide bonds. The van der Waals surface area contributed by atoms with Gasteiger partial charge in [0, 0.05) is 11.9 Å². The van der Waals surface area contributed by atoms with Crippen molar-refractivity contribution in [3.63, 3.8) is 0 Å². The minimum absolute atomic E-state index is 0.0336. The van der Waals surface area contributed by atoms with Gasteiger partial charge in [0.1, 0.15) is 11.6 Å². The normalized spacial score (nSPS) is 10.1. The molecule has 0 spiro atoms. The first-order valence-electron chi connectivity index (χ1n) is 4.98. The molecule has 0 aliphatic rings. The molecule has 0 fully saturated rings. The van der Waals surface area contributed by atoms with Gasteiger partial charge in [0.15, 0.2) is 5.69 Å². The summed E-state index contributed by atoms with van der Waals surface area (Å²) >= 11 is 5.52. The van der Waals surface area contributed by atoms with E-state index in [-0.39, 0.29) is 22.2 Å². The molecule has 0 aliphatic carbocycles. The van der Waals surface area contributed by atoms with Gasteiger partial charge >= 0.3 is 0 Å². The van der Waals surface area contributed by atoms with Gasteiger partial charge in [-0.1, -0.05) is 11.6 Å². The first kappa shape index (κ1) is 12.3. The number of nitrogens with one attached hydrogen (secondary N) is 1. The first-order chi connectivity index (χ1) is 8.58. The average Bonchev–Trinajstić information content (AvgIpc) is 2.34. The van der Waals surface area contributed by atoms with Gasteiger partial charge in [0.2, 0.25) is 0 Å². The van der Waals surface area contributed by atoms with Crippen molar-refractivity contribution < 1.29 is 14.3 Å². The lowest BCUT2D eigenvalue weighted by atomic mass is 10.2. The van der Waals surface area contributed by atoms with Crippen molar-refractivity contribution >= 4 is 23.2 Å². The highest BCUT2D eigenvalue weighted by Gasteiger charge is 2.12. The number of carbonyl (C=O) groups excluding carboxylic acids is 1. The molecule has 2 N–H and O–H groups in total. The Morgan fingerprint density at radius 2 is 2.17 bits per heavy atom. The number of pyridine rings is 1. The molecule has 2 aromatic rings. The van der Waals surface area contributed by atoms with Crippen LogP contribution in [-0.4, -0.2) is 16.0 Å². The fourth-order valence-electron chi connectivity index (χ4n) is 1.34. The third-order valence-corrected chi connectivity index (χ3v) is 2.49. The van der Waals surface area contributed by atoms with Crippen LogP contribution < -0.4 is 5.32 Å². The van der Waals surface area contributed by atoms with E-state index in [1.807, 2.05) is 0 Å². The Balaban J connectivity index is 2.22. The summed E-state index contributed by atoms with van der Waals surface area (Å²) in [4.78, 5) is 15.5. The van der Waals surface area contributed by atoms with E-state index in [1.165, 1.54) is 30.5 Å². The van der Waals surface area contributed by atoms with Gasteiger partial charge in [-0.25, -0.2) is 9.37 Å². The molecule has 0 radical (unpaired) electrons. The van der Waals surface area contributed by atoms with Gasteiger partial charge in [-0.2, -0.15) is 0 Å². The van der Waals surface area contributed by atoms with Crippen molar-refractivity contribution in [3.8, 4) is 5.75 Å². The Hall–Kier alpha value is -2.14. The number of hydrogen-bond donors (Lipinski definition) is 2. The number of carbonyl (C=O) groups is 1. The van der Waals surface area contributed by atoms with Gasteiger partial charge in [-0.15, -0.1) is 0 Å². The van der Waals surface area contributed by atoms with E-state index in [0.717, 1.165) is 6.07 Å². The number of hydrogen-bond acceptors (Lipinski definition) is 3. The second-order valence-electron chi connectivity index (χ2n) is 3.45. The molecule has 18 heavy (non-hydrogen) atoms. The van der Waals surface area contributed by atoms with E-state index in [4.69, 9.17) is 11.6 Å². The monoisotopic (exact) mass is 266 g/mol. The highest BCUT2D eigenvalue weighted by atomic mass is 35.5. The number of aromatic nitrogens is 1. The molecule has 1 heterocycles. The topological polar surface area (TPSA) is 62.2 Å². The van der Waals surface area contributed by atoms with Crippen molar-refractivity contribution in [1.82, 2.24) is 4.98 Å². The van der Waals surface area contributed by atoms with E-state index in [1.54, 1.807) is 0 Å². The van der Waals surface area contributed by atoms with E-state index in [0.29, 0.717) is 0 Å². The molecule has 4 nitrogen and oxygen atoms in total. The molecule has 1 aromatic carbocycles. The number of aromatic hydroxyl groups is 1. The summed E-state index contributed by atoms with van der Waals surface area (Å²) < 4.78 is 13.2. The summed E-state index contributed by atoms with van der Waals surface area (Å²) in [7, 11) is 0. The van der Waals surface area contributed by atoms with Gasteiger partial charge in [0.05, 0.1) is 5.02 Å². The van der Waals surface area contributed by atoms with Crippen LogP contribution in [0.4, 0.5) is 10.1 Å². The molecule has 0 saturated carbocycles. The molecule has 0 saturated heterocycles. The number of halogens is 2. The third kappa shape index (κ3) is 2.57. The summed E-state index contributed by atoms with van der Waals surface area (Å²) in [5.74, 6) is -1.51. The number of nitrogens with zero attached hydrogens (tertiary/aromatic N) is 1. The van der Waals surface area contributed by atoms with Gasteiger partial charge < -0.3 is 10.4 Å². The Morgan fingerprint density at radius 1 is 1.39 bits per heavy atom. The molecule has 1 aromatic heterocycles. The Kier molecular flexibility index (Phi) is 3.43. The van der Waals surface area contributed by atoms with Crippen LogP contribution in [0.5, 0.6) is 5.75 Å². The molecule has 0 atom stereocenters. The van der Waals surface area contributed by atoms with Crippen LogP contribution in [0.2, 0.25) is 5.02 Å².